The summed E-state index contributed by atoms with van der Waals surface area (Å²) in [5.74, 6) is -3.94. The lowest BCUT2D eigenvalue weighted by molar-refractivity contribution is -0.0572. The first-order chi connectivity index (χ1) is 4.19. The summed E-state index contributed by atoms with van der Waals surface area (Å²) in [6.07, 6.45) is 0. The Balaban J connectivity index is 4.40. The van der Waals surface area contributed by atoms with E-state index >= 15 is 0 Å². The molecule has 0 N–H and O–H groups in total. The van der Waals surface area contributed by atoms with Gasteiger partial charge in [0.1, 0.15) is 0 Å². The molecule has 4 heteroatoms. The molecule has 0 aliphatic rings. The fraction of sp³-hybridized carbons (Fsp3) is 1.00. The van der Waals surface area contributed by atoms with Crippen molar-refractivity contribution < 1.29 is 13.2 Å². The second-order valence-electron chi connectivity index (χ2n) is 3.37. The Bertz CT molecular complexity index is 115. The molecule has 0 aromatic rings. The Hall–Kier alpha value is 0.00688. The largest absolute Gasteiger partial charge is 0.361 e. The average molecular weight is 170 g/mol. The molecule has 0 aliphatic heterocycles. The molecule has 0 nitrogen and oxygen atoms in total. The highest BCUT2D eigenvalue weighted by atomic mass is 28.3. The number of rotatable bonds is 1. The van der Waals surface area contributed by atoms with Gasteiger partial charge < -0.3 is 0 Å². The van der Waals surface area contributed by atoms with Gasteiger partial charge in [0.15, 0.2) is 8.07 Å². The molecule has 0 unspecified atom stereocenters. The van der Waals surface area contributed by atoms with E-state index in [4.69, 9.17) is 0 Å². The fourth-order valence-electron chi connectivity index (χ4n) is 0.327. The molecule has 62 valence electrons. The van der Waals surface area contributed by atoms with Crippen molar-refractivity contribution in [3.05, 3.63) is 0 Å². The topological polar surface area (TPSA) is 0 Å². The SMILES string of the molecule is CC(C)[Si](C)(C)C(F)(F)F. The van der Waals surface area contributed by atoms with Crippen LogP contribution in [0.15, 0.2) is 0 Å². The van der Waals surface area contributed by atoms with E-state index in [0.29, 0.717) is 0 Å². The van der Waals surface area contributed by atoms with Crippen molar-refractivity contribution >= 4 is 8.07 Å². The Morgan fingerprint density at radius 1 is 1.10 bits per heavy atom. The standard InChI is InChI=1S/C6H13F3Si/c1-5(2)10(3,4)6(7,8)9/h5H,1-4H3. The number of halogens is 3. The fourth-order valence-corrected chi connectivity index (χ4v) is 0.982. The summed E-state index contributed by atoms with van der Waals surface area (Å²) < 4.78 is 36.4. The van der Waals surface area contributed by atoms with Gasteiger partial charge in [0.25, 0.3) is 0 Å². The minimum atomic E-state index is -3.94. The van der Waals surface area contributed by atoms with Crippen LogP contribution in [-0.2, 0) is 0 Å². The van der Waals surface area contributed by atoms with Crippen LogP contribution in [0.5, 0.6) is 0 Å². The third-order valence-corrected chi connectivity index (χ3v) is 6.52. The molecule has 10 heavy (non-hydrogen) atoms. The third kappa shape index (κ3) is 1.75. The maximum Gasteiger partial charge on any atom is 0.361 e. The van der Waals surface area contributed by atoms with E-state index in [9.17, 15) is 13.2 Å². The minimum absolute atomic E-state index is 0.229. The molecule has 0 rings (SSSR count). The van der Waals surface area contributed by atoms with Crippen LogP contribution in [0.2, 0.25) is 18.6 Å². The first-order valence-corrected chi connectivity index (χ1v) is 6.34. The summed E-state index contributed by atoms with van der Waals surface area (Å²) in [5, 5.41) is 0. The van der Waals surface area contributed by atoms with Gasteiger partial charge in [-0.3, -0.25) is 0 Å². The molecule has 0 saturated carbocycles. The average Bonchev–Trinajstić information content (AvgIpc) is 1.62. The predicted molar refractivity (Wildman–Crippen MR) is 38.6 cm³/mol. The van der Waals surface area contributed by atoms with Crippen molar-refractivity contribution in [3.63, 3.8) is 0 Å². The molecular formula is C6H13F3Si. The number of hydrogen-bond acceptors (Lipinski definition) is 0. The summed E-state index contributed by atoms with van der Waals surface area (Å²) in [5.41, 5.74) is -0.229. The van der Waals surface area contributed by atoms with Crippen molar-refractivity contribution in [2.75, 3.05) is 0 Å². The van der Waals surface area contributed by atoms with E-state index < -0.39 is 13.9 Å². The van der Waals surface area contributed by atoms with Gasteiger partial charge in [-0.15, -0.1) is 0 Å². The Morgan fingerprint density at radius 3 is 1.40 bits per heavy atom. The van der Waals surface area contributed by atoms with Crippen molar-refractivity contribution in [2.24, 2.45) is 0 Å². The van der Waals surface area contributed by atoms with Crippen LogP contribution in [0, 0.1) is 0 Å². The summed E-state index contributed by atoms with van der Waals surface area (Å²) in [6, 6.07) is 0. The lowest BCUT2D eigenvalue weighted by atomic mass is 10.6. The van der Waals surface area contributed by atoms with Gasteiger partial charge in [0.05, 0.1) is 0 Å². The van der Waals surface area contributed by atoms with Gasteiger partial charge in [-0.1, -0.05) is 26.9 Å². The van der Waals surface area contributed by atoms with Gasteiger partial charge >= 0.3 is 5.80 Å². The normalized spacial score (nSPS) is 14.4. The highest BCUT2D eigenvalue weighted by molar-refractivity contribution is 6.80. The highest BCUT2D eigenvalue weighted by Gasteiger charge is 2.51. The van der Waals surface area contributed by atoms with Crippen molar-refractivity contribution in [2.45, 2.75) is 38.3 Å². The first kappa shape index (κ1) is 10.0. The zero-order chi connectivity index (χ0) is 8.58. The Kier molecular flexibility index (Phi) is 2.57. The lowest BCUT2D eigenvalue weighted by Crippen LogP contribution is -2.47. The smallest absolute Gasteiger partial charge is 0.177 e. The zero-order valence-electron chi connectivity index (χ0n) is 6.71. The Labute approximate surface area is 60.4 Å². The molecule has 0 fully saturated rings. The van der Waals surface area contributed by atoms with Crippen molar-refractivity contribution in [3.8, 4) is 0 Å². The van der Waals surface area contributed by atoms with E-state index in [0.717, 1.165) is 0 Å². The second-order valence-corrected chi connectivity index (χ2v) is 8.54. The summed E-state index contributed by atoms with van der Waals surface area (Å²) >= 11 is 0. The van der Waals surface area contributed by atoms with Crippen LogP contribution < -0.4 is 0 Å². The summed E-state index contributed by atoms with van der Waals surface area (Å²) in [7, 11) is -2.98. The molecule has 0 aromatic heterocycles. The van der Waals surface area contributed by atoms with E-state index in [2.05, 4.69) is 0 Å². The molecule has 0 amide bonds. The molecule has 0 aromatic carbocycles. The molecule has 0 spiro atoms. The molecule has 0 bridgehead atoms. The summed E-state index contributed by atoms with van der Waals surface area (Å²) in [4.78, 5) is 0. The highest BCUT2D eigenvalue weighted by Crippen LogP contribution is 2.36. The third-order valence-electron chi connectivity index (χ3n) is 2.17. The van der Waals surface area contributed by atoms with E-state index in [1.807, 2.05) is 0 Å². The number of hydrogen-bond donors (Lipinski definition) is 0. The van der Waals surface area contributed by atoms with E-state index in [1.165, 1.54) is 13.1 Å². The van der Waals surface area contributed by atoms with Gasteiger partial charge in [-0.05, 0) is 5.54 Å². The van der Waals surface area contributed by atoms with Crippen LogP contribution in [0.4, 0.5) is 13.2 Å². The molecule has 0 heterocycles. The monoisotopic (exact) mass is 170 g/mol. The predicted octanol–water partition coefficient (Wildman–Crippen LogP) is 3.21. The number of alkyl halides is 3. The maximum absolute atomic E-state index is 12.1. The van der Waals surface area contributed by atoms with Gasteiger partial charge in [0, 0.05) is 0 Å². The van der Waals surface area contributed by atoms with Crippen LogP contribution >= 0.6 is 0 Å². The minimum Gasteiger partial charge on any atom is -0.177 e. The maximum atomic E-state index is 12.1. The van der Waals surface area contributed by atoms with Gasteiger partial charge in [-0.25, -0.2) is 0 Å². The van der Waals surface area contributed by atoms with E-state index in [1.54, 1.807) is 13.8 Å². The Morgan fingerprint density at radius 2 is 1.40 bits per heavy atom. The molecular weight excluding hydrogens is 157 g/mol. The van der Waals surface area contributed by atoms with Crippen molar-refractivity contribution in [1.82, 2.24) is 0 Å². The van der Waals surface area contributed by atoms with Crippen LogP contribution in [0.1, 0.15) is 13.8 Å². The molecule has 0 saturated heterocycles. The first-order valence-electron chi connectivity index (χ1n) is 3.26. The van der Waals surface area contributed by atoms with E-state index in [-0.39, 0.29) is 5.54 Å². The van der Waals surface area contributed by atoms with Gasteiger partial charge in [0.2, 0.25) is 0 Å². The van der Waals surface area contributed by atoms with Gasteiger partial charge in [-0.2, -0.15) is 13.2 Å². The molecule has 0 atom stereocenters. The van der Waals surface area contributed by atoms with Crippen LogP contribution in [0.25, 0.3) is 0 Å². The summed E-state index contributed by atoms with van der Waals surface area (Å²) in [6.45, 7) is 5.99. The molecule has 0 aliphatic carbocycles. The molecule has 0 radical (unpaired) electrons. The van der Waals surface area contributed by atoms with Crippen LogP contribution in [0.3, 0.4) is 0 Å². The van der Waals surface area contributed by atoms with Crippen LogP contribution in [-0.4, -0.2) is 13.9 Å². The quantitative estimate of drug-likeness (QED) is 0.530. The second kappa shape index (κ2) is 2.56. The lowest BCUT2D eigenvalue weighted by Gasteiger charge is -2.28. The zero-order valence-corrected chi connectivity index (χ0v) is 7.71. The van der Waals surface area contributed by atoms with Crippen molar-refractivity contribution in [1.29, 1.82) is 0 Å².